The predicted octanol–water partition coefficient (Wildman–Crippen LogP) is 3.47. The molecule has 0 saturated carbocycles. The number of aryl methyl sites for hydroxylation is 1. The van der Waals surface area contributed by atoms with Crippen LogP contribution in [0.25, 0.3) is 0 Å². The summed E-state index contributed by atoms with van der Waals surface area (Å²) in [5.41, 5.74) is 2.32. The summed E-state index contributed by atoms with van der Waals surface area (Å²) >= 11 is 0. The summed E-state index contributed by atoms with van der Waals surface area (Å²) in [5.74, 6) is 0.745. The molecule has 2 aromatic carbocycles. The van der Waals surface area contributed by atoms with Crippen molar-refractivity contribution in [3.8, 4) is 11.5 Å². The van der Waals surface area contributed by atoms with Crippen molar-refractivity contribution >= 4 is 11.8 Å². The molecule has 156 valence electrons. The molecule has 0 fully saturated rings. The van der Waals surface area contributed by atoms with Crippen LogP contribution >= 0.6 is 0 Å². The van der Waals surface area contributed by atoms with E-state index in [0.29, 0.717) is 30.2 Å². The number of ether oxygens (including phenoxy) is 2. The minimum Gasteiger partial charge on any atom is -0.493 e. The Kier molecular flexibility index (Phi) is 8.07. The zero-order valence-electron chi connectivity index (χ0n) is 17.7. The second kappa shape index (κ2) is 10.5. The first-order chi connectivity index (χ1) is 13.9. The number of carbonyl (C=O) groups is 2. The average Bonchev–Trinajstić information content (AvgIpc) is 2.71. The van der Waals surface area contributed by atoms with Crippen molar-refractivity contribution in [1.29, 1.82) is 0 Å². The van der Waals surface area contributed by atoms with Crippen LogP contribution in [0.2, 0.25) is 0 Å². The molecule has 0 aliphatic carbocycles. The Balaban J connectivity index is 2.04. The second-order valence-electron chi connectivity index (χ2n) is 7.15. The molecular weight excluding hydrogens is 368 g/mol. The van der Waals surface area contributed by atoms with Crippen molar-refractivity contribution in [1.82, 2.24) is 10.6 Å². The number of methoxy groups -OCH3 is 1. The van der Waals surface area contributed by atoms with Gasteiger partial charge < -0.3 is 20.1 Å². The molecule has 29 heavy (non-hydrogen) atoms. The first-order valence-electron chi connectivity index (χ1n) is 9.81. The number of hydrogen-bond acceptors (Lipinski definition) is 4. The molecule has 2 rings (SSSR count). The molecule has 2 N–H and O–H groups in total. The smallest absolute Gasteiger partial charge is 0.252 e. The lowest BCUT2D eigenvalue weighted by Gasteiger charge is -2.22. The number of nitrogens with one attached hydrogen (secondary N) is 2. The Hall–Kier alpha value is -3.02. The van der Waals surface area contributed by atoms with E-state index in [9.17, 15) is 9.59 Å². The average molecular weight is 399 g/mol. The van der Waals surface area contributed by atoms with E-state index >= 15 is 0 Å². The van der Waals surface area contributed by atoms with E-state index in [1.54, 1.807) is 13.2 Å². The quantitative estimate of drug-likeness (QED) is 0.678. The van der Waals surface area contributed by atoms with E-state index in [0.717, 1.165) is 11.1 Å². The molecule has 0 aromatic heterocycles. The standard InChI is InChI=1S/C23H30N2O4/c1-6-29-19-12-11-17(13-20(19)28-5)14-24-23(27)21(15(2)3)25-22(26)18-10-8-7-9-16(18)4/h7-13,15,21H,6,14H2,1-5H3,(H,24,27)(H,25,26). The minimum absolute atomic E-state index is 0.0576. The molecule has 2 aromatic rings. The zero-order chi connectivity index (χ0) is 21.4. The van der Waals surface area contributed by atoms with Crippen LogP contribution in [0.5, 0.6) is 11.5 Å². The molecule has 0 bridgehead atoms. The second-order valence-corrected chi connectivity index (χ2v) is 7.15. The number of carbonyl (C=O) groups excluding carboxylic acids is 2. The number of benzene rings is 2. The van der Waals surface area contributed by atoms with Gasteiger partial charge in [-0.2, -0.15) is 0 Å². The number of rotatable bonds is 9. The lowest BCUT2D eigenvalue weighted by atomic mass is 10.0. The summed E-state index contributed by atoms with van der Waals surface area (Å²) in [6.07, 6.45) is 0. The van der Waals surface area contributed by atoms with Crippen LogP contribution in [0.15, 0.2) is 42.5 Å². The Labute approximate surface area is 172 Å². The van der Waals surface area contributed by atoms with Gasteiger partial charge in [0.25, 0.3) is 5.91 Å². The fraction of sp³-hybridized carbons (Fsp3) is 0.391. The molecule has 0 aliphatic rings. The summed E-state index contributed by atoms with van der Waals surface area (Å²) in [4.78, 5) is 25.4. The van der Waals surface area contributed by atoms with Crippen molar-refractivity contribution in [2.45, 2.75) is 40.3 Å². The van der Waals surface area contributed by atoms with Crippen molar-refractivity contribution in [3.63, 3.8) is 0 Å². The molecule has 6 heteroatoms. The molecule has 0 aliphatic heterocycles. The molecule has 0 saturated heterocycles. The fourth-order valence-corrected chi connectivity index (χ4v) is 2.98. The SMILES string of the molecule is CCOc1ccc(CNC(=O)C(NC(=O)c2ccccc2C)C(C)C)cc1OC. The first kappa shape index (κ1) is 22.3. The fourth-order valence-electron chi connectivity index (χ4n) is 2.98. The highest BCUT2D eigenvalue weighted by Crippen LogP contribution is 2.28. The molecule has 2 amide bonds. The van der Waals surface area contributed by atoms with Crippen LogP contribution in [0.4, 0.5) is 0 Å². The summed E-state index contributed by atoms with van der Waals surface area (Å²) in [7, 11) is 1.58. The van der Waals surface area contributed by atoms with Gasteiger partial charge in [-0.25, -0.2) is 0 Å². The van der Waals surface area contributed by atoms with Crippen molar-refractivity contribution in [2.24, 2.45) is 5.92 Å². The summed E-state index contributed by atoms with van der Waals surface area (Å²) < 4.78 is 10.9. The van der Waals surface area contributed by atoms with Crippen LogP contribution in [0.1, 0.15) is 42.3 Å². The predicted molar refractivity (Wildman–Crippen MR) is 113 cm³/mol. The molecule has 0 heterocycles. The van der Waals surface area contributed by atoms with Gasteiger partial charge in [0, 0.05) is 12.1 Å². The number of hydrogen-bond donors (Lipinski definition) is 2. The minimum atomic E-state index is -0.633. The van der Waals surface area contributed by atoms with Crippen LogP contribution in [0, 0.1) is 12.8 Å². The van der Waals surface area contributed by atoms with Gasteiger partial charge in [-0.15, -0.1) is 0 Å². The van der Waals surface area contributed by atoms with Gasteiger partial charge in [0.1, 0.15) is 6.04 Å². The monoisotopic (exact) mass is 398 g/mol. The molecule has 0 radical (unpaired) electrons. The maximum absolute atomic E-state index is 12.8. The topological polar surface area (TPSA) is 76.7 Å². The highest BCUT2D eigenvalue weighted by molar-refractivity contribution is 5.98. The molecule has 1 unspecified atom stereocenters. The van der Waals surface area contributed by atoms with Gasteiger partial charge in [-0.1, -0.05) is 38.1 Å². The lowest BCUT2D eigenvalue weighted by Crippen LogP contribution is -2.49. The van der Waals surface area contributed by atoms with Crippen LogP contribution < -0.4 is 20.1 Å². The van der Waals surface area contributed by atoms with Gasteiger partial charge in [0.15, 0.2) is 11.5 Å². The summed E-state index contributed by atoms with van der Waals surface area (Å²) in [6.45, 7) is 8.46. The van der Waals surface area contributed by atoms with Gasteiger partial charge in [-0.05, 0) is 49.1 Å². The summed E-state index contributed by atoms with van der Waals surface area (Å²) in [5, 5.41) is 5.77. The van der Waals surface area contributed by atoms with Gasteiger partial charge in [0.05, 0.1) is 13.7 Å². The van der Waals surface area contributed by atoms with E-state index in [2.05, 4.69) is 10.6 Å². The third-order valence-electron chi connectivity index (χ3n) is 4.62. The highest BCUT2D eigenvalue weighted by Gasteiger charge is 2.25. The normalized spacial score (nSPS) is 11.7. The highest BCUT2D eigenvalue weighted by atomic mass is 16.5. The number of amides is 2. The van der Waals surface area contributed by atoms with Crippen molar-refractivity contribution in [2.75, 3.05) is 13.7 Å². The van der Waals surface area contributed by atoms with E-state index in [1.165, 1.54) is 0 Å². The molecule has 1 atom stereocenters. The first-order valence-corrected chi connectivity index (χ1v) is 9.81. The Morgan fingerprint density at radius 2 is 1.79 bits per heavy atom. The van der Waals surface area contributed by atoms with E-state index < -0.39 is 6.04 Å². The van der Waals surface area contributed by atoms with Gasteiger partial charge in [0.2, 0.25) is 5.91 Å². The lowest BCUT2D eigenvalue weighted by molar-refractivity contribution is -0.124. The third-order valence-corrected chi connectivity index (χ3v) is 4.62. The van der Waals surface area contributed by atoms with Crippen LogP contribution in [-0.4, -0.2) is 31.6 Å². The third kappa shape index (κ3) is 5.98. The molecule has 0 spiro atoms. The Morgan fingerprint density at radius 1 is 1.07 bits per heavy atom. The van der Waals surface area contributed by atoms with E-state index in [-0.39, 0.29) is 17.7 Å². The van der Waals surface area contributed by atoms with Crippen molar-refractivity contribution < 1.29 is 19.1 Å². The largest absolute Gasteiger partial charge is 0.493 e. The Morgan fingerprint density at radius 3 is 2.41 bits per heavy atom. The van der Waals surface area contributed by atoms with E-state index in [4.69, 9.17) is 9.47 Å². The summed E-state index contributed by atoms with van der Waals surface area (Å²) in [6, 6.07) is 12.2. The zero-order valence-corrected chi connectivity index (χ0v) is 17.7. The Bertz CT molecular complexity index is 849. The maximum atomic E-state index is 12.8. The molecular formula is C23H30N2O4. The van der Waals surface area contributed by atoms with E-state index in [1.807, 2.05) is 64.1 Å². The molecule has 6 nitrogen and oxygen atoms in total. The van der Waals surface area contributed by atoms with Crippen molar-refractivity contribution in [3.05, 3.63) is 59.2 Å². The van der Waals surface area contributed by atoms with Gasteiger partial charge in [-0.3, -0.25) is 9.59 Å². The van der Waals surface area contributed by atoms with Gasteiger partial charge >= 0.3 is 0 Å². The maximum Gasteiger partial charge on any atom is 0.252 e. The van der Waals surface area contributed by atoms with Crippen LogP contribution in [0.3, 0.4) is 0 Å². The van der Waals surface area contributed by atoms with Crippen LogP contribution in [-0.2, 0) is 11.3 Å².